The molecule has 0 aliphatic carbocycles. The molecule has 0 unspecified atom stereocenters. The Bertz CT molecular complexity index is 983. The molecule has 2 aromatic heterocycles. The lowest BCUT2D eigenvalue weighted by Gasteiger charge is -2.08. The summed E-state index contributed by atoms with van der Waals surface area (Å²) in [7, 11) is 1.26. The quantitative estimate of drug-likeness (QED) is 0.676. The molecule has 0 saturated heterocycles. The fourth-order valence-electron chi connectivity index (χ4n) is 2.42. The van der Waals surface area contributed by atoms with Crippen LogP contribution in [0.15, 0.2) is 47.2 Å². The molecule has 0 fully saturated rings. The van der Waals surface area contributed by atoms with Gasteiger partial charge in [-0.1, -0.05) is 11.6 Å². The van der Waals surface area contributed by atoms with Gasteiger partial charge >= 0.3 is 5.97 Å². The molecule has 3 rings (SSSR count). The van der Waals surface area contributed by atoms with Crippen LogP contribution in [0.2, 0.25) is 5.02 Å². The van der Waals surface area contributed by atoms with E-state index in [-0.39, 0.29) is 23.9 Å². The van der Waals surface area contributed by atoms with Crippen LogP contribution in [0.1, 0.15) is 32.2 Å². The molecule has 1 aromatic carbocycles. The maximum absolute atomic E-state index is 12.6. The Morgan fingerprint density at radius 1 is 1.22 bits per heavy atom. The number of rotatable bonds is 5. The van der Waals surface area contributed by atoms with Gasteiger partial charge in [-0.2, -0.15) is 0 Å². The van der Waals surface area contributed by atoms with Gasteiger partial charge in [0.2, 0.25) is 5.76 Å². The van der Waals surface area contributed by atoms with Gasteiger partial charge in [-0.15, -0.1) is 0 Å². The molecule has 1 amide bonds. The van der Waals surface area contributed by atoms with Crippen LogP contribution >= 0.6 is 11.6 Å². The smallest absolute Gasteiger partial charge is 0.374 e. The van der Waals surface area contributed by atoms with E-state index in [2.05, 4.69) is 20.0 Å². The van der Waals surface area contributed by atoms with Gasteiger partial charge < -0.3 is 14.5 Å². The number of methoxy groups -OCH3 is 1. The summed E-state index contributed by atoms with van der Waals surface area (Å²) >= 11 is 5.90. The maximum Gasteiger partial charge on any atom is 0.374 e. The van der Waals surface area contributed by atoms with Crippen LogP contribution in [0.25, 0.3) is 11.4 Å². The van der Waals surface area contributed by atoms with Crippen molar-refractivity contribution in [1.29, 1.82) is 0 Å². The van der Waals surface area contributed by atoms with E-state index in [0.29, 0.717) is 22.0 Å². The number of halogens is 1. The second-order valence-electron chi connectivity index (χ2n) is 5.68. The van der Waals surface area contributed by atoms with E-state index in [1.54, 1.807) is 43.5 Å². The first-order valence-corrected chi connectivity index (χ1v) is 8.40. The Balaban J connectivity index is 1.79. The Kier molecular flexibility index (Phi) is 5.52. The Morgan fingerprint density at radius 3 is 2.67 bits per heavy atom. The summed E-state index contributed by atoms with van der Waals surface area (Å²) in [6.07, 6.45) is 2.95. The summed E-state index contributed by atoms with van der Waals surface area (Å²) in [4.78, 5) is 32.8. The highest BCUT2D eigenvalue weighted by atomic mass is 35.5. The molecule has 2 heterocycles. The second kappa shape index (κ2) is 8.01. The van der Waals surface area contributed by atoms with Crippen molar-refractivity contribution >= 4 is 23.5 Å². The van der Waals surface area contributed by atoms with E-state index in [4.69, 9.17) is 16.0 Å². The van der Waals surface area contributed by atoms with Crippen LogP contribution in [-0.4, -0.2) is 29.0 Å². The normalized spacial score (nSPS) is 10.5. The third-order valence-corrected chi connectivity index (χ3v) is 4.10. The summed E-state index contributed by atoms with van der Waals surface area (Å²) in [5.74, 6) is -0.519. The summed E-state index contributed by atoms with van der Waals surface area (Å²) < 4.78 is 9.75. The number of benzene rings is 1. The van der Waals surface area contributed by atoms with E-state index >= 15 is 0 Å². The van der Waals surface area contributed by atoms with E-state index in [9.17, 15) is 9.59 Å². The molecule has 0 atom stereocenters. The number of carbonyl (C=O) groups is 2. The summed E-state index contributed by atoms with van der Waals surface area (Å²) in [6, 6.07) is 8.62. The van der Waals surface area contributed by atoms with Crippen LogP contribution in [0, 0.1) is 6.92 Å². The van der Waals surface area contributed by atoms with Crippen molar-refractivity contribution < 1.29 is 18.7 Å². The first kappa shape index (κ1) is 18.6. The molecule has 0 spiro atoms. The Morgan fingerprint density at radius 2 is 1.96 bits per heavy atom. The zero-order valence-corrected chi connectivity index (χ0v) is 15.4. The zero-order valence-electron chi connectivity index (χ0n) is 14.7. The van der Waals surface area contributed by atoms with Crippen molar-refractivity contribution in [1.82, 2.24) is 15.3 Å². The number of aromatic nitrogens is 2. The summed E-state index contributed by atoms with van der Waals surface area (Å²) in [5.41, 5.74) is 2.14. The number of hydrogen-bond acceptors (Lipinski definition) is 6. The van der Waals surface area contributed by atoms with Crippen LogP contribution in [-0.2, 0) is 11.3 Å². The van der Waals surface area contributed by atoms with E-state index in [1.165, 1.54) is 13.4 Å². The van der Waals surface area contributed by atoms with Crippen molar-refractivity contribution in [2.75, 3.05) is 7.11 Å². The molecular weight excluding hydrogens is 370 g/mol. The lowest BCUT2D eigenvalue weighted by atomic mass is 10.2. The molecule has 8 heteroatoms. The minimum atomic E-state index is -0.604. The number of ether oxygens (including phenoxy) is 1. The number of amides is 1. The number of carbonyl (C=O) groups excluding carboxylic acids is 2. The number of nitrogens with one attached hydrogen (secondary N) is 1. The average molecular weight is 386 g/mol. The lowest BCUT2D eigenvalue weighted by Crippen LogP contribution is -2.25. The molecule has 27 heavy (non-hydrogen) atoms. The molecule has 0 bridgehead atoms. The van der Waals surface area contributed by atoms with Gasteiger partial charge in [0.25, 0.3) is 5.91 Å². The largest absolute Gasteiger partial charge is 0.463 e. The van der Waals surface area contributed by atoms with Gasteiger partial charge in [-0.05, 0) is 42.8 Å². The van der Waals surface area contributed by atoms with Crippen molar-refractivity contribution in [3.8, 4) is 11.4 Å². The van der Waals surface area contributed by atoms with Gasteiger partial charge in [0.15, 0.2) is 5.82 Å². The Hall–Kier alpha value is -3.19. The number of aryl methyl sites for hydroxylation is 1. The molecule has 1 N–H and O–H groups in total. The van der Waals surface area contributed by atoms with E-state index < -0.39 is 5.97 Å². The maximum atomic E-state index is 12.6. The first-order chi connectivity index (χ1) is 13.0. The van der Waals surface area contributed by atoms with Crippen molar-refractivity contribution in [3.63, 3.8) is 0 Å². The predicted octanol–water partition coefficient (Wildman–Crippen LogP) is 3.42. The minimum absolute atomic E-state index is 0.0547. The van der Waals surface area contributed by atoms with E-state index in [0.717, 1.165) is 5.56 Å². The molecule has 138 valence electrons. The van der Waals surface area contributed by atoms with Crippen molar-refractivity contribution in [2.24, 2.45) is 0 Å². The number of nitrogens with zero attached hydrogens (tertiary/aromatic N) is 2. The van der Waals surface area contributed by atoms with Gasteiger partial charge in [0, 0.05) is 28.9 Å². The van der Waals surface area contributed by atoms with E-state index in [1.807, 2.05) is 0 Å². The first-order valence-electron chi connectivity index (χ1n) is 8.02. The molecule has 0 radical (unpaired) electrons. The standard InChI is InChI=1S/C19H16ClN3O4/c1-11-9-21-17(12-3-5-14(20)6-4-12)23-15(11)18(24)22-10-13-7-8-27-16(13)19(25)26-2/h3-9H,10H2,1-2H3,(H,22,24). The average Bonchev–Trinajstić information content (AvgIpc) is 3.15. The summed E-state index contributed by atoms with van der Waals surface area (Å²) in [6.45, 7) is 1.85. The van der Waals surface area contributed by atoms with Crippen molar-refractivity contribution in [3.05, 3.63) is 70.4 Å². The number of esters is 1. The van der Waals surface area contributed by atoms with Gasteiger partial charge in [-0.3, -0.25) is 4.79 Å². The van der Waals surface area contributed by atoms with Gasteiger partial charge in [0.1, 0.15) is 5.69 Å². The highest BCUT2D eigenvalue weighted by Crippen LogP contribution is 2.19. The highest BCUT2D eigenvalue weighted by Gasteiger charge is 2.18. The molecule has 0 aliphatic heterocycles. The topological polar surface area (TPSA) is 94.3 Å². The molecule has 3 aromatic rings. The molecular formula is C19H16ClN3O4. The molecule has 0 aliphatic rings. The van der Waals surface area contributed by atoms with Crippen LogP contribution in [0.4, 0.5) is 0 Å². The monoisotopic (exact) mass is 385 g/mol. The molecule has 0 saturated carbocycles. The fraction of sp³-hybridized carbons (Fsp3) is 0.158. The van der Waals surface area contributed by atoms with Gasteiger partial charge in [-0.25, -0.2) is 14.8 Å². The zero-order chi connectivity index (χ0) is 19.4. The SMILES string of the molecule is COC(=O)c1occc1CNC(=O)c1nc(-c2ccc(Cl)cc2)ncc1C. The van der Waals surface area contributed by atoms with Gasteiger partial charge in [0.05, 0.1) is 13.4 Å². The third kappa shape index (κ3) is 4.15. The third-order valence-electron chi connectivity index (χ3n) is 3.85. The summed E-state index contributed by atoms with van der Waals surface area (Å²) in [5, 5.41) is 3.33. The minimum Gasteiger partial charge on any atom is -0.463 e. The fourth-order valence-corrected chi connectivity index (χ4v) is 2.54. The van der Waals surface area contributed by atoms with Crippen LogP contribution in [0.5, 0.6) is 0 Å². The van der Waals surface area contributed by atoms with Crippen molar-refractivity contribution in [2.45, 2.75) is 13.5 Å². The second-order valence-corrected chi connectivity index (χ2v) is 6.12. The lowest BCUT2D eigenvalue weighted by molar-refractivity contribution is 0.0562. The van der Waals surface area contributed by atoms with Crippen LogP contribution < -0.4 is 5.32 Å². The number of furan rings is 1. The predicted molar refractivity (Wildman–Crippen MR) is 98.4 cm³/mol. The Labute approximate surface area is 160 Å². The molecule has 7 nitrogen and oxygen atoms in total. The number of hydrogen-bond donors (Lipinski definition) is 1. The van der Waals surface area contributed by atoms with Crippen LogP contribution in [0.3, 0.4) is 0 Å². The highest BCUT2D eigenvalue weighted by molar-refractivity contribution is 6.30.